The van der Waals surface area contributed by atoms with Gasteiger partial charge in [-0.25, -0.2) is 0 Å². The van der Waals surface area contributed by atoms with Crippen molar-refractivity contribution in [2.75, 3.05) is 19.6 Å². The van der Waals surface area contributed by atoms with Crippen molar-refractivity contribution in [3.63, 3.8) is 0 Å². The normalized spacial score (nSPS) is 20.3. The Balaban J connectivity index is 2.13. The number of nitrogens with zero attached hydrogens (tertiary/aromatic N) is 1. The highest BCUT2D eigenvalue weighted by atomic mass is 15.1. The third-order valence-electron chi connectivity index (χ3n) is 5.47. The molecule has 0 aromatic heterocycles. The molecule has 1 saturated carbocycles. The van der Waals surface area contributed by atoms with Crippen LogP contribution in [0.2, 0.25) is 0 Å². The standard InChI is InChI=1S/C21H37N/c1-6-12-22(13-7-2)16-19-8-9-21(10-11-21)15-20(19)18(5)14-17(3)4/h17H,5-16H2,1-4H3. The van der Waals surface area contributed by atoms with Crippen LogP contribution in [0.3, 0.4) is 0 Å². The maximum atomic E-state index is 4.48. The fourth-order valence-electron chi connectivity index (χ4n) is 4.10. The summed E-state index contributed by atoms with van der Waals surface area (Å²) in [6.45, 7) is 17.4. The lowest BCUT2D eigenvalue weighted by atomic mass is 9.77. The van der Waals surface area contributed by atoms with Crippen LogP contribution in [-0.2, 0) is 0 Å². The number of hydrogen-bond donors (Lipinski definition) is 0. The van der Waals surface area contributed by atoms with Gasteiger partial charge in [-0.05, 0) is 81.4 Å². The zero-order valence-electron chi connectivity index (χ0n) is 15.5. The van der Waals surface area contributed by atoms with Crippen LogP contribution in [0.15, 0.2) is 23.3 Å². The molecule has 0 radical (unpaired) electrons. The van der Waals surface area contributed by atoms with Gasteiger partial charge in [-0.2, -0.15) is 0 Å². The van der Waals surface area contributed by atoms with Gasteiger partial charge < -0.3 is 0 Å². The summed E-state index contributed by atoms with van der Waals surface area (Å²) in [4.78, 5) is 2.67. The molecule has 0 aromatic carbocycles. The molecule has 0 N–H and O–H groups in total. The van der Waals surface area contributed by atoms with Crippen LogP contribution >= 0.6 is 0 Å². The molecule has 1 spiro atoms. The minimum atomic E-state index is 0.694. The van der Waals surface area contributed by atoms with Crippen LogP contribution in [-0.4, -0.2) is 24.5 Å². The van der Waals surface area contributed by atoms with Gasteiger partial charge in [0.05, 0.1) is 0 Å². The first-order valence-electron chi connectivity index (χ1n) is 9.61. The highest BCUT2D eigenvalue weighted by molar-refractivity contribution is 5.38. The van der Waals surface area contributed by atoms with Gasteiger partial charge in [0, 0.05) is 6.54 Å². The Morgan fingerprint density at radius 2 is 1.77 bits per heavy atom. The molecule has 0 unspecified atom stereocenters. The van der Waals surface area contributed by atoms with Crippen molar-refractivity contribution < 1.29 is 0 Å². The minimum absolute atomic E-state index is 0.694. The lowest BCUT2D eigenvalue weighted by Gasteiger charge is -2.32. The molecule has 2 aliphatic rings. The fourth-order valence-corrected chi connectivity index (χ4v) is 4.10. The molecule has 0 bridgehead atoms. The van der Waals surface area contributed by atoms with Gasteiger partial charge in [0.15, 0.2) is 0 Å². The second-order valence-corrected chi connectivity index (χ2v) is 8.24. The van der Waals surface area contributed by atoms with Gasteiger partial charge in [0.25, 0.3) is 0 Å². The quantitative estimate of drug-likeness (QED) is 0.507. The summed E-state index contributed by atoms with van der Waals surface area (Å²) in [6.07, 6.45) is 10.7. The van der Waals surface area contributed by atoms with Crippen LogP contribution in [0, 0.1) is 11.3 Å². The third kappa shape index (κ3) is 4.72. The molecule has 0 saturated heterocycles. The Morgan fingerprint density at radius 3 is 2.27 bits per heavy atom. The Bertz CT molecular complexity index is 406. The summed E-state index contributed by atoms with van der Waals surface area (Å²) >= 11 is 0. The van der Waals surface area contributed by atoms with Gasteiger partial charge in [-0.3, -0.25) is 4.90 Å². The predicted molar refractivity (Wildman–Crippen MR) is 98.2 cm³/mol. The SMILES string of the molecule is C=C(CC(C)C)C1=C(CN(CCC)CCC)CCC2(CC2)C1. The van der Waals surface area contributed by atoms with Crippen molar-refractivity contribution in [2.24, 2.45) is 11.3 Å². The van der Waals surface area contributed by atoms with Gasteiger partial charge in [-0.15, -0.1) is 0 Å². The molecule has 0 heterocycles. The molecule has 1 heteroatoms. The lowest BCUT2D eigenvalue weighted by Crippen LogP contribution is -2.30. The van der Waals surface area contributed by atoms with E-state index in [0.717, 1.165) is 5.92 Å². The predicted octanol–water partition coefficient (Wildman–Crippen LogP) is 5.97. The van der Waals surface area contributed by atoms with Crippen LogP contribution in [0.5, 0.6) is 0 Å². The Labute approximate surface area is 138 Å². The molecule has 0 aliphatic heterocycles. The smallest absolute Gasteiger partial charge is 0.0198 e. The molecule has 2 rings (SSSR count). The van der Waals surface area contributed by atoms with Gasteiger partial charge in [0.2, 0.25) is 0 Å². The van der Waals surface area contributed by atoms with E-state index in [2.05, 4.69) is 39.2 Å². The monoisotopic (exact) mass is 303 g/mol. The molecule has 1 nitrogen and oxygen atoms in total. The van der Waals surface area contributed by atoms with Crippen LogP contribution in [0.1, 0.15) is 79.1 Å². The summed E-state index contributed by atoms with van der Waals surface area (Å²) in [7, 11) is 0. The number of hydrogen-bond acceptors (Lipinski definition) is 1. The van der Waals surface area contributed by atoms with E-state index >= 15 is 0 Å². The van der Waals surface area contributed by atoms with E-state index in [9.17, 15) is 0 Å². The largest absolute Gasteiger partial charge is 0.299 e. The zero-order valence-corrected chi connectivity index (χ0v) is 15.5. The molecule has 22 heavy (non-hydrogen) atoms. The first-order chi connectivity index (χ1) is 10.5. The Kier molecular flexibility index (Phi) is 6.32. The van der Waals surface area contributed by atoms with Crippen molar-refractivity contribution in [3.05, 3.63) is 23.3 Å². The molecule has 2 aliphatic carbocycles. The van der Waals surface area contributed by atoms with Crippen LogP contribution in [0.4, 0.5) is 0 Å². The van der Waals surface area contributed by atoms with Gasteiger partial charge in [0.1, 0.15) is 0 Å². The third-order valence-corrected chi connectivity index (χ3v) is 5.47. The fraction of sp³-hybridized carbons (Fsp3) is 0.810. The van der Waals surface area contributed by atoms with Gasteiger partial charge >= 0.3 is 0 Å². The minimum Gasteiger partial charge on any atom is -0.299 e. The molecular formula is C21H37N. The van der Waals surface area contributed by atoms with E-state index in [4.69, 9.17) is 0 Å². The molecule has 1 fully saturated rings. The molecular weight excluding hydrogens is 266 g/mol. The summed E-state index contributed by atoms with van der Waals surface area (Å²) in [5, 5.41) is 0. The first kappa shape index (κ1) is 17.8. The van der Waals surface area contributed by atoms with Gasteiger partial charge in [-0.1, -0.05) is 45.4 Å². The second kappa shape index (κ2) is 7.81. The average Bonchev–Trinajstić information content (AvgIpc) is 3.20. The van der Waals surface area contributed by atoms with Crippen molar-refractivity contribution in [1.82, 2.24) is 4.90 Å². The van der Waals surface area contributed by atoms with E-state index in [0.29, 0.717) is 5.41 Å². The summed E-state index contributed by atoms with van der Waals surface area (Å²) in [5.41, 5.74) is 5.54. The maximum absolute atomic E-state index is 4.48. The summed E-state index contributed by atoms with van der Waals surface area (Å²) in [6, 6.07) is 0. The van der Waals surface area contributed by atoms with E-state index in [-0.39, 0.29) is 0 Å². The topological polar surface area (TPSA) is 3.24 Å². The molecule has 126 valence electrons. The van der Waals surface area contributed by atoms with Crippen LogP contribution in [0.25, 0.3) is 0 Å². The molecule has 0 atom stereocenters. The van der Waals surface area contributed by atoms with Crippen molar-refractivity contribution in [1.29, 1.82) is 0 Å². The Morgan fingerprint density at radius 1 is 1.14 bits per heavy atom. The average molecular weight is 304 g/mol. The summed E-state index contributed by atoms with van der Waals surface area (Å²) < 4.78 is 0. The maximum Gasteiger partial charge on any atom is 0.0198 e. The second-order valence-electron chi connectivity index (χ2n) is 8.24. The lowest BCUT2D eigenvalue weighted by molar-refractivity contribution is 0.286. The highest BCUT2D eigenvalue weighted by Gasteiger charge is 2.45. The highest BCUT2D eigenvalue weighted by Crippen LogP contribution is 2.58. The number of allylic oxidation sites excluding steroid dienone is 2. The van der Waals surface area contributed by atoms with Crippen molar-refractivity contribution in [3.8, 4) is 0 Å². The van der Waals surface area contributed by atoms with Crippen molar-refractivity contribution >= 4 is 0 Å². The van der Waals surface area contributed by atoms with E-state index in [1.54, 1.807) is 11.1 Å². The Hall–Kier alpha value is -0.560. The first-order valence-corrected chi connectivity index (χ1v) is 9.61. The number of rotatable bonds is 9. The summed E-state index contributed by atoms with van der Waals surface area (Å²) in [5.74, 6) is 0.723. The van der Waals surface area contributed by atoms with Crippen molar-refractivity contribution in [2.45, 2.75) is 79.1 Å². The zero-order chi connectivity index (χ0) is 16.2. The van der Waals surface area contributed by atoms with E-state index < -0.39 is 0 Å². The van der Waals surface area contributed by atoms with E-state index in [1.165, 1.54) is 76.6 Å². The van der Waals surface area contributed by atoms with E-state index in [1.807, 2.05) is 0 Å². The molecule has 0 aromatic rings. The van der Waals surface area contributed by atoms with Crippen LogP contribution < -0.4 is 0 Å². The molecule has 0 amide bonds.